The first kappa shape index (κ1) is 19.0. The molecule has 3 heterocycles. The second kappa shape index (κ2) is 8.36. The predicted octanol–water partition coefficient (Wildman–Crippen LogP) is 2.58. The number of hydrogen-bond donors (Lipinski definition) is 2. The maximum Gasteiger partial charge on any atom is 0.257 e. The van der Waals surface area contributed by atoms with Gasteiger partial charge in [-0.3, -0.25) is 9.59 Å². The van der Waals surface area contributed by atoms with Crippen molar-refractivity contribution >= 4 is 29.2 Å². The SMILES string of the molecule is CCCSc1nc2c(c(=O)[nH]1)C(c1ccc(N3CCOCC3)cc1)CC(=O)N2. The standard InChI is InChI=1S/C20H24N4O3S/c1-2-11-28-20-22-18-17(19(26)23-20)15(12-16(25)21-18)13-3-5-14(6-4-13)24-7-9-27-10-8-24/h3-6,15H,2,7-12H2,1H3,(H2,21,22,23,25,26). The summed E-state index contributed by atoms with van der Waals surface area (Å²) < 4.78 is 5.41. The molecule has 0 spiro atoms. The molecule has 4 rings (SSSR count). The van der Waals surface area contributed by atoms with Crippen LogP contribution in [0.15, 0.2) is 34.2 Å². The van der Waals surface area contributed by atoms with E-state index in [9.17, 15) is 9.59 Å². The van der Waals surface area contributed by atoms with Gasteiger partial charge in [-0.15, -0.1) is 0 Å². The van der Waals surface area contributed by atoms with Crippen molar-refractivity contribution in [1.82, 2.24) is 9.97 Å². The summed E-state index contributed by atoms with van der Waals surface area (Å²) in [6.07, 6.45) is 1.23. The summed E-state index contributed by atoms with van der Waals surface area (Å²) in [6, 6.07) is 8.13. The second-order valence-corrected chi connectivity index (χ2v) is 8.06. The van der Waals surface area contributed by atoms with E-state index in [0.717, 1.165) is 49.7 Å². The molecule has 2 N–H and O–H groups in total. The normalized spacial score (nSPS) is 19.2. The van der Waals surface area contributed by atoms with E-state index in [0.29, 0.717) is 16.5 Å². The lowest BCUT2D eigenvalue weighted by Crippen LogP contribution is -2.36. The van der Waals surface area contributed by atoms with Crippen molar-refractivity contribution in [2.24, 2.45) is 0 Å². The highest BCUT2D eigenvalue weighted by atomic mass is 32.2. The van der Waals surface area contributed by atoms with Crippen molar-refractivity contribution < 1.29 is 9.53 Å². The molecule has 0 bridgehead atoms. The van der Waals surface area contributed by atoms with Crippen LogP contribution in [0.2, 0.25) is 0 Å². The Kier molecular flexibility index (Phi) is 5.68. The van der Waals surface area contributed by atoms with Gasteiger partial charge in [0.05, 0.1) is 18.8 Å². The third-order valence-corrected chi connectivity index (χ3v) is 6.12. The van der Waals surface area contributed by atoms with Crippen molar-refractivity contribution in [3.05, 3.63) is 45.7 Å². The minimum Gasteiger partial charge on any atom is -0.378 e. The number of amides is 1. The molecule has 1 amide bonds. The van der Waals surface area contributed by atoms with Gasteiger partial charge in [-0.2, -0.15) is 0 Å². The van der Waals surface area contributed by atoms with Gasteiger partial charge >= 0.3 is 0 Å². The minimum atomic E-state index is -0.288. The molecule has 2 aliphatic rings. The first-order chi connectivity index (χ1) is 13.7. The molecule has 1 aromatic heterocycles. The zero-order chi connectivity index (χ0) is 19.5. The zero-order valence-corrected chi connectivity index (χ0v) is 16.7. The Balaban J connectivity index is 1.64. The number of H-pyrrole nitrogens is 1. The van der Waals surface area contributed by atoms with Crippen LogP contribution in [-0.4, -0.2) is 47.9 Å². The Labute approximate surface area is 167 Å². The molecule has 2 aliphatic heterocycles. The van der Waals surface area contributed by atoms with E-state index in [1.165, 1.54) is 11.8 Å². The van der Waals surface area contributed by atoms with E-state index >= 15 is 0 Å². The number of rotatable bonds is 5. The molecular weight excluding hydrogens is 376 g/mol. The Morgan fingerprint density at radius 1 is 1.21 bits per heavy atom. The van der Waals surface area contributed by atoms with Gasteiger partial charge in [0, 0.05) is 36.9 Å². The van der Waals surface area contributed by atoms with Crippen molar-refractivity contribution in [1.29, 1.82) is 0 Å². The zero-order valence-electron chi connectivity index (χ0n) is 15.9. The summed E-state index contributed by atoms with van der Waals surface area (Å²) >= 11 is 1.49. The van der Waals surface area contributed by atoms with Crippen LogP contribution in [0.3, 0.4) is 0 Å². The smallest absolute Gasteiger partial charge is 0.257 e. The maximum atomic E-state index is 12.8. The molecule has 1 saturated heterocycles. The van der Waals surface area contributed by atoms with Crippen LogP contribution >= 0.6 is 11.8 Å². The average molecular weight is 401 g/mol. The number of aromatic nitrogens is 2. The van der Waals surface area contributed by atoms with Crippen LogP contribution in [0.4, 0.5) is 11.5 Å². The number of morpholine rings is 1. The van der Waals surface area contributed by atoms with Gasteiger partial charge in [0.2, 0.25) is 5.91 Å². The van der Waals surface area contributed by atoms with Gasteiger partial charge in [-0.05, 0) is 24.1 Å². The molecule has 0 radical (unpaired) electrons. The summed E-state index contributed by atoms with van der Waals surface area (Å²) in [4.78, 5) is 34.7. The van der Waals surface area contributed by atoms with E-state index in [4.69, 9.17) is 4.74 Å². The highest BCUT2D eigenvalue weighted by Gasteiger charge is 2.31. The van der Waals surface area contributed by atoms with E-state index in [2.05, 4.69) is 39.2 Å². The lowest BCUT2D eigenvalue weighted by atomic mass is 9.87. The molecule has 0 saturated carbocycles. The summed E-state index contributed by atoms with van der Waals surface area (Å²) in [6.45, 7) is 5.28. The second-order valence-electron chi connectivity index (χ2n) is 6.98. The molecule has 28 heavy (non-hydrogen) atoms. The summed E-state index contributed by atoms with van der Waals surface area (Å²) in [7, 11) is 0. The van der Waals surface area contributed by atoms with Crippen LogP contribution < -0.4 is 15.8 Å². The quantitative estimate of drug-likeness (QED) is 0.593. The molecule has 1 fully saturated rings. The van der Waals surface area contributed by atoms with Gasteiger partial charge in [-0.25, -0.2) is 4.98 Å². The number of nitrogens with zero attached hydrogens (tertiary/aromatic N) is 2. The molecule has 1 atom stereocenters. The van der Waals surface area contributed by atoms with Crippen molar-refractivity contribution in [2.45, 2.75) is 30.8 Å². The van der Waals surface area contributed by atoms with Crippen LogP contribution in [0, 0.1) is 0 Å². The molecule has 7 nitrogen and oxygen atoms in total. The fraction of sp³-hybridized carbons (Fsp3) is 0.450. The van der Waals surface area contributed by atoms with Gasteiger partial charge in [-0.1, -0.05) is 30.8 Å². The van der Waals surface area contributed by atoms with Crippen LogP contribution in [0.25, 0.3) is 0 Å². The molecule has 1 unspecified atom stereocenters. The average Bonchev–Trinajstić information content (AvgIpc) is 2.72. The molecule has 2 aromatic rings. The van der Waals surface area contributed by atoms with Gasteiger partial charge < -0.3 is 19.9 Å². The molecular formula is C20H24N4O3S. The Hall–Kier alpha value is -2.32. The number of benzene rings is 1. The summed E-state index contributed by atoms with van der Waals surface area (Å²) in [5, 5.41) is 3.33. The predicted molar refractivity (Wildman–Crippen MR) is 110 cm³/mol. The third-order valence-electron chi connectivity index (χ3n) is 5.04. The first-order valence-corrected chi connectivity index (χ1v) is 10.6. The number of aromatic amines is 1. The number of carbonyl (C=O) groups is 1. The Bertz CT molecular complexity index is 907. The van der Waals surface area contributed by atoms with Crippen LogP contribution in [-0.2, 0) is 9.53 Å². The topological polar surface area (TPSA) is 87.3 Å². The number of carbonyl (C=O) groups excluding carboxylic acids is 1. The number of fused-ring (bicyclic) bond motifs is 1. The molecule has 8 heteroatoms. The van der Waals surface area contributed by atoms with Crippen molar-refractivity contribution in [3.8, 4) is 0 Å². The maximum absolute atomic E-state index is 12.8. The van der Waals surface area contributed by atoms with Crippen LogP contribution in [0.5, 0.6) is 0 Å². The number of thioether (sulfide) groups is 1. The van der Waals surface area contributed by atoms with E-state index < -0.39 is 0 Å². The number of hydrogen-bond acceptors (Lipinski definition) is 6. The van der Waals surface area contributed by atoms with E-state index in [1.54, 1.807) is 0 Å². The fourth-order valence-electron chi connectivity index (χ4n) is 3.64. The van der Waals surface area contributed by atoms with Gasteiger partial charge in [0.15, 0.2) is 5.16 Å². The molecule has 1 aromatic carbocycles. The van der Waals surface area contributed by atoms with Gasteiger partial charge in [0.25, 0.3) is 5.56 Å². The highest BCUT2D eigenvalue weighted by Crippen LogP contribution is 2.35. The first-order valence-electron chi connectivity index (χ1n) is 9.65. The molecule has 148 valence electrons. The van der Waals surface area contributed by atoms with E-state index in [-0.39, 0.29) is 23.8 Å². The Morgan fingerprint density at radius 2 is 1.96 bits per heavy atom. The van der Waals surface area contributed by atoms with E-state index in [1.807, 2.05) is 12.1 Å². The molecule has 0 aliphatic carbocycles. The van der Waals surface area contributed by atoms with Crippen LogP contribution in [0.1, 0.15) is 36.8 Å². The lowest BCUT2D eigenvalue weighted by molar-refractivity contribution is -0.116. The van der Waals surface area contributed by atoms with Crippen molar-refractivity contribution in [2.75, 3.05) is 42.3 Å². The minimum absolute atomic E-state index is 0.112. The number of nitrogens with one attached hydrogen (secondary N) is 2. The highest BCUT2D eigenvalue weighted by molar-refractivity contribution is 7.99. The summed E-state index contributed by atoms with van der Waals surface area (Å²) in [5.74, 6) is 0.853. The number of anilines is 2. The Morgan fingerprint density at radius 3 is 2.68 bits per heavy atom. The lowest BCUT2D eigenvalue weighted by Gasteiger charge is -2.29. The third kappa shape index (κ3) is 3.93. The number of ether oxygens (including phenoxy) is 1. The van der Waals surface area contributed by atoms with Crippen molar-refractivity contribution in [3.63, 3.8) is 0 Å². The monoisotopic (exact) mass is 400 g/mol. The fourth-order valence-corrected chi connectivity index (χ4v) is 4.36. The largest absolute Gasteiger partial charge is 0.378 e. The van der Waals surface area contributed by atoms with Gasteiger partial charge in [0.1, 0.15) is 5.82 Å². The summed E-state index contributed by atoms with van der Waals surface area (Å²) in [5.41, 5.74) is 2.45.